The number of hydrazine groups is 1. The van der Waals surface area contributed by atoms with Gasteiger partial charge in [-0.1, -0.05) is 54.7 Å². The summed E-state index contributed by atoms with van der Waals surface area (Å²) in [7, 11) is 0. The van der Waals surface area contributed by atoms with Gasteiger partial charge in [0.1, 0.15) is 4.49 Å². The number of hydrogen-bond acceptors (Lipinski definition) is 2. The van der Waals surface area contributed by atoms with Crippen molar-refractivity contribution in [1.82, 2.24) is 5.01 Å². The maximum atomic E-state index is 13.0. The number of halogens is 2. The van der Waals surface area contributed by atoms with Crippen LogP contribution >= 0.6 is 23.2 Å². The van der Waals surface area contributed by atoms with E-state index < -0.39 is 0 Å². The van der Waals surface area contributed by atoms with Gasteiger partial charge in [-0.25, -0.2) is 10.0 Å². The average molecular weight is 367 g/mol. The Hall–Kier alpha value is -1.52. The molecule has 2 fully saturated rings. The van der Waals surface area contributed by atoms with Gasteiger partial charge in [0.05, 0.1) is 18.2 Å². The SMILES string of the molecule is Cc1ccc(N2C(=O)CCN2C(=O)C2C(C=C(Cl)Cl)C2(C)C)cc1. The van der Waals surface area contributed by atoms with Crippen molar-refractivity contribution in [3.8, 4) is 0 Å². The second-order valence-corrected chi connectivity index (χ2v) is 8.04. The van der Waals surface area contributed by atoms with Crippen LogP contribution in [0.25, 0.3) is 0 Å². The Morgan fingerprint density at radius 3 is 2.46 bits per heavy atom. The lowest BCUT2D eigenvalue weighted by Gasteiger charge is -2.28. The maximum absolute atomic E-state index is 13.0. The van der Waals surface area contributed by atoms with E-state index in [1.807, 2.05) is 45.0 Å². The van der Waals surface area contributed by atoms with E-state index in [-0.39, 0.29) is 33.6 Å². The fourth-order valence-electron chi connectivity index (χ4n) is 3.48. The number of carbonyl (C=O) groups excluding carboxylic acids is 2. The predicted molar refractivity (Wildman–Crippen MR) is 95.5 cm³/mol. The van der Waals surface area contributed by atoms with Crippen molar-refractivity contribution >= 4 is 40.7 Å². The first-order chi connectivity index (χ1) is 11.2. The van der Waals surface area contributed by atoms with Gasteiger partial charge in [-0.05, 0) is 36.5 Å². The van der Waals surface area contributed by atoms with E-state index >= 15 is 0 Å². The molecule has 1 saturated carbocycles. The van der Waals surface area contributed by atoms with Crippen LogP contribution in [0, 0.1) is 24.2 Å². The highest BCUT2D eigenvalue weighted by Crippen LogP contribution is 2.60. The van der Waals surface area contributed by atoms with Crippen molar-refractivity contribution in [3.05, 3.63) is 40.4 Å². The summed E-state index contributed by atoms with van der Waals surface area (Å²) >= 11 is 11.5. The maximum Gasteiger partial charge on any atom is 0.247 e. The zero-order chi connectivity index (χ0) is 17.6. The molecule has 0 bridgehead atoms. The number of allylic oxidation sites excluding steroid dienone is 1. The molecule has 1 heterocycles. The van der Waals surface area contributed by atoms with Crippen LogP contribution < -0.4 is 5.01 Å². The van der Waals surface area contributed by atoms with Crippen LogP contribution in [0.15, 0.2) is 34.8 Å². The van der Waals surface area contributed by atoms with Crippen molar-refractivity contribution in [2.45, 2.75) is 27.2 Å². The first-order valence-corrected chi connectivity index (χ1v) is 8.73. The van der Waals surface area contributed by atoms with Gasteiger partial charge in [0.2, 0.25) is 11.8 Å². The molecule has 24 heavy (non-hydrogen) atoms. The van der Waals surface area contributed by atoms with Gasteiger partial charge in [0, 0.05) is 6.42 Å². The lowest BCUT2D eigenvalue weighted by atomic mass is 10.1. The van der Waals surface area contributed by atoms with Crippen LogP contribution in [-0.2, 0) is 9.59 Å². The first-order valence-electron chi connectivity index (χ1n) is 7.97. The van der Waals surface area contributed by atoms with Gasteiger partial charge in [-0.15, -0.1) is 0 Å². The third-order valence-corrected chi connectivity index (χ3v) is 5.28. The lowest BCUT2D eigenvalue weighted by Crippen LogP contribution is -2.44. The van der Waals surface area contributed by atoms with Gasteiger partial charge < -0.3 is 0 Å². The van der Waals surface area contributed by atoms with Gasteiger partial charge in [0.15, 0.2) is 0 Å². The predicted octanol–water partition coefficient (Wildman–Crippen LogP) is 4.07. The topological polar surface area (TPSA) is 40.6 Å². The summed E-state index contributed by atoms with van der Waals surface area (Å²) < 4.78 is 0.177. The monoisotopic (exact) mass is 366 g/mol. The number of carbonyl (C=O) groups is 2. The molecule has 6 heteroatoms. The average Bonchev–Trinajstić information content (AvgIpc) is 2.84. The van der Waals surface area contributed by atoms with E-state index in [1.165, 1.54) is 5.01 Å². The summed E-state index contributed by atoms with van der Waals surface area (Å²) in [6.07, 6.45) is 2.06. The second kappa shape index (κ2) is 6.08. The van der Waals surface area contributed by atoms with E-state index in [0.29, 0.717) is 13.0 Å². The zero-order valence-electron chi connectivity index (χ0n) is 13.9. The molecule has 1 aliphatic carbocycles. The Kier molecular flexibility index (Phi) is 4.39. The second-order valence-electron chi connectivity index (χ2n) is 7.03. The van der Waals surface area contributed by atoms with Crippen molar-refractivity contribution in [2.24, 2.45) is 17.3 Å². The number of benzene rings is 1. The molecule has 2 aliphatic rings. The molecule has 2 amide bonds. The Labute approximate surface area is 152 Å². The molecule has 4 nitrogen and oxygen atoms in total. The number of amides is 2. The van der Waals surface area contributed by atoms with Gasteiger partial charge in [0.25, 0.3) is 0 Å². The van der Waals surface area contributed by atoms with Crippen LogP contribution in [0.2, 0.25) is 0 Å². The smallest absolute Gasteiger partial charge is 0.247 e. The van der Waals surface area contributed by atoms with Crippen LogP contribution in [0.3, 0.4) is 0 Å². The third-order valence-electron chi connectivity index (χ3n) is 5.03. The molecule has 1 aliphatic heterocycles. The molecule has 2 atom stereocenters. The quantitative estimate of drug-likeness (QED) is 0.808. The highest BCUT2D eigenvalue weighted by molar-refractivity contribution is 6.55. The molecule has 1 saturated heterocycles. The summed E-state index contributed by atoms with van der Waals surface area (Å²) in [4.78, 5) is 25.3. The van der Waals surface area contributed by atoms with Crippen LogP contribution in [0.5, 0.6) is 0 Å². The molecule has 1 aromatic rings. The molecular formula is C18H20Cl2N2O2. The standard InChI is InChI=1S/C18H20Cl2N2O2/c1-11-4-6-12(7-5-11)22-15(23)8-9-21(22)17(24)16-13(10-14(19)20)18(16,2)3/h4-7,10,13,16H,8-9H2,1-3H3. The largest absolute Gasteiger partial charge is 0.273 e. The summed E-state index contributed by atoms with van der Waals surface area (Å²) in [6.45, 7) is 6.42. The molecule has 128 valence electrons. The molecule has 3 rings (SSSR count). The van der Waals surface area contributed by atoms with E-state index in [1.54, 1.807) is 11.1 Å². The highest BCUT2D eigenvalue weighted by atomic mass is 35.5. The molecule has 0 radical (unpaired) electrons. The Bertz CT molecular complexity index is 708. The molecule has 2 unspecified atom stereocenters. The molecule has 1 aromatic carbocycles. The van der Waals surface area contributed by atoms with E-state index in [2.05, 4.69) is 0 Å². The van der Waals surface area contributed by atoms with Crippen molar-refractivity contribution < 1.29 is 9.59 Å². The minimum atomic E-state index is -0.219. The zero-order valence-corrected chi connectivity index (χ0v) is 15.4. The van der Waals surface area contributed by atoms with Gasteiger partial charge in [-0.2, -0.15) is 0 Å². The Morgan fingerprint density at radius 1 is 1.25 bits per heavy atom. The highest BCUT2D eigenvalue weighted by Gasteiger charge is 2.62. The van der Waals surface area contributed by atoms with Crippen LogP contribution in [0.1, 0.15) is 25.8 Å². The van der Waals surface area contributed by atoms with Crippen LogP contribution in [0.4, 0.5) is 5.69 Å². The van der Waals surface area contributed by atoms with Crippen molar-refractivity contribution in [2.75, 3.05) is 11.6 Å². The first kappa shape index (κ1) is 17.3. The van der Waals surface area contributed by atoms with E-state index in [0.717, 1.165) is 11.3 Å². The number of anilines is 1. The molecule has 0 aromatic heterocycles. The summed E-state index contributed by atoms with van der Waals surface area (Å²) in [5.74, 6) is -0.343. The molecular weight excluding hydrogens is 347 g/mol. The lowest BCUT2D eigenvalue weighted by molar-refractivity contribution is -0.134. The Balaban J connectivity index is 1.85. The fraction of sp³-hybridized carbons (Fsp3) is 0.444. The van der Waals surface area contributed by atoms with Crippen molar-refractivity contribution in [3.63, 3.8) is 0 Å². The van der Waals surface area contributed by atoms with E-state index in [9.17, 15) is 9.59 Å². The minimum Gasteiger partial charge on any atom is -0.273 e. The molecule has 0 N–H and O–H groups in total. The number of hydrogen-bond donors (Lipinski definition) is 0. The number of aryl methyl sites for hydroxylation is 1. The summed E-state index contributed by atoms with van der Waals surface area (Å²) in [6, 6.07) is 7.60. The summed E-state index contributed by atoms with van der Waals surface area (Å²) in [5.41, 5.74) is 1.61. The van der Waals surface area contributed by atoms with Gasteiger partial charge in [-0.3, -0.25) is 9.59 Å². The Morgan fingerprint density at radius 2 is 1.88 bits per heavy atom. The fourth-order valence-corrected chi connectivity index (χ4v) is 3.75. The summed E-state index contributed by atoms with van der Waals surface area (Å²) in [5, 5.41) is 3.06. The number of rotatable bonds is 3. The number of nitrogens with zero attached hydrogens (tertiary/aromatic N) is 2. The minimum absolute atomic E-state index is 0.00873. The van der Waals surface area contributed by atoms with Crippen LogP contribution in [-0.4, -0.2) is 23.4 Å². The van der Waals surface area contributed by atoms with Gasteiger partial charge >= 0.3 is 0 Å². The normalized spacial score (nSPS) is 25.0. The van der Waals surface area contributed by atoms with Crippen molar-refractivity contribution in [1.29, 1.82) is 0 Å². The molecule has 0 spiro atoms. The van der Waals surface area contributed by atoms with E-state index in [4.69, 9.17) is 23.2 Å². The third kappa shape index (κ3) is 2.93.